The molecule has 0 aromatic heterocycles. The highest BCUT2D eigenvalue weighted by Crippen LogP contribution is 2.32. The number of nitrogens with one attached hydrogen (secondary N) is 1. The molecule has 2 aromatic carbocycles. The van der Waals surface area contributed by atoms with Gasteiger partial charge in [-0.3, -0.25) is 14.5 Å². The minimum Gasteiger partial charge on any atom is -0.351 e. The third-order valence-corrected chi connectivity index (χ3v) is 6.76. The Morgan fingerprint density at radius 3 is 2.35 bits per heavy atom. The molecule has 0 aliphatic heterocycles. The van der Waals surface area contributed by atoms with E-state index in [4.69, 9.17) is 23.2 Å². The first-order chi connectivity index (χ1) is 14.8. The van der Waals surface area contributed by atoms with Crippen molar-refractivity contribution < 1.29 is 9.59 Å². The highest BCUT2D eigenvalue weighted by Gasteiger charge is 2.34. The SMILES string of the molecule is Cc1ccc(N(C(=O)CCl)[C@H](C(=O)N[C@@H]2CCCC[C@@H]2C)c2ccc(Cl)cc2)cc1C. The van der Waals surface area contributed by atoms with Crippen molar-refractivity contribution in [2.24, 2.45) is 5.92 Å². The van der Waals surface area contributed by atoms with E-state index in [2.05, 4.69) is 12.2 Å². The highest BCUT2D eigenvalue weighted by molar-refractivity contribution is 6.30. The molecule has 31 heavy (non-hydrogen) atoms. The summed E-state index contributed by atoms with van der Waals surface area (Å²) < 4.78 is 0. The second kappa shape index (κ2) is 10.5. The molecule has 2 aromatic rings. The number of hydrogen-bond donors (Lipinski definition) is 1. The van der Waals surface area contributed by atoms with Gasteiger partial charge in [-0.05, 0) is 73.6 Å². The van der Waals surface area contributed by atoms with Crippen LogP contribution in [-0.2, 0) is 9.59 Å². The van der Waals surface area contributed by atoms with Gasteiger partial charge < -0.3 is 5.32 Å². The molecule has 0 unspecified atom stereocenters. The zero-order valence-electron chi connectivity index (χ0n) is 18.3. The highest BCUT2D eigenvalue weighted by atomic mass is 35.5. The maximum atomic E-state index is 13.6. The van der Waals surface area contributed by atoms with E-state index in [1.54, 1.807) is 24.3 Å². The van der Waals surface area contributed by atoms with E-state index >= 15 is 0 Å². The van der Waals surface area contributed by atoms with Gasteiger partial charge in [0.25, 0.3) is 0 Å². The molecule has 1 fully saturated rings. The maximum absolute atomic E-state index is 13.6. The van der Waals surface area contributed by atoms with E-state index in [0.717, 1.165) is 30.4 Å². The van der Waals surface area contributed by atoms with Crippen molar-refractivity contribution >= 4 is 40.7 Å². The lowest BCUT2D eigenvalue weighted by molar-refractivity contribution is -0.126. The fourth-order valence-corrected chi connectivity index (χ4v) is 4.49. The summed E-state index contributed by atoms with van der Waals surface area (Å²) in [5.74, 6) is -0.332. The molecule has 0 radical (unpaired) electrons. The van der Waals surface area contributed by atoms with Crippen molar-refractivity contribution in [1.82, 2.24) is 5.32 Å². The summed E-state index contributed by atoms with van der Waals surface area (Å²) in [6, 6.07) is 12.1. The van der Waals surface area contributed by atoms with E-state index in [-0.39, 0.29) is 23.7 Å². The van der Waals surface area contributed by atoms with Gasteiger partial charge in [0.05, 0.1) is 0 Å². The lowest BCUT2D eigenvalue weighted by Crippen LogP contribution is -2.49. The maximum Gasteiger partial charge on any atom is 0.248 e. The van der Waals surface area contributed by atoms with Crippen LogP contribution in [0.5, 0.6) is 0 Å². The number of carbonyl (C=O) groups is 2. The van der Waals surface area contributed by atoms with Crippen LogP contribution >= 0.6 is 23.2 Å². The van der Waals surface area contributed by atoms with Gasteiger partial charge >= 0.3 is 0 Å². The van der Waals surface area contributed by atoms with Gasteiger partial charge in [-0.15, -0.1) is 11.6 Å². The first-order valence-corrected chi connectivity index (χ1v) is 11.7. The number of benzene rings is 2. The number of alkyl halides is 1. The van der Waals surface area contributed by atoms with Crippen molar-refractivity contribution in [3.8, 4) is 0 Å². The summed E-state index contributed by atoms with van der Waals surface area (Å²) in [5, 5.41) is 3.80. The molecule has 2 amide bonds. The van der Waals surface area contributed by atoms with E-state index in [1.165, 1.54) is 11.3 Å². The van der Waals surface area contributed by atoms with Gasteiger partial charge in [-0.1, -0.05) is 49.6 Å². The zero-order valence-corrected chi connectivity index (χ0v) is 19.8. The van der Waals surface area contributed by atoms with Crippen molar-refractivity contribution in [2.75, 3.05) is 10.8 Å². The molecule has 1 aliphatic carbocycles. The molecule has 166 valence electrons. The first-order valence-electron chi connectivity index (χ1n) is 10.8. The molecule has 1 N–H and O–H groups in total. The number of nitrogens with zero attached hydrogens (tertiary/aromatic N) is 1. The number of halogens is 2. The lowest BCUT2D eigenvalue weighted by atomic mass is 9.85. The summed E-state index contributed by atoms with van der Waals surface area (Å²) in [6.45, 7) is 6.18. The molecule has 0 bridgehead atoms. The van der Waals surface area contributed by atoms with Gasteiger partial charge in [0.1, 0.15) is 11.9 Å². The minimum atomic E-state index is -0.834. The van der Waals surface area contributed by atoms with Gasteiger partial charge in [0, 0.05) is 16.8 Å². The molecular weight excluding hydrogens is 431 g/mol. The van der Waals surface area contributed by atoms with Crippen LogP contribution in [0.25, 0.3) is 0 Å². The van der Waals surface area contributed by atoms with Crippen LogP contribution in [0.1, 0.15) is 55.3 Å². The van der Waals surface area contributed by atoms with Crippen molar-refractivity contribution in [3.05, 3.63) is 64.2 Å². The predicted molar refractivity (Wildman–Crippen MR) is 128 cm³/mol. The normalized spacial score (nSPS) is 19.5. The minimum absolute atomic E-state index is 0.101. The number of amides is 2. The van der Waals surface area contributed by atoms with Crippen LogP contribution in [0.2, 0.25) is 5.02 Å². The molecule has 1 saturated carbocycles. The van der Waals surface area contributed by atoms with Crippen LogP contribution < -0.4 is 10.2 Å². The molecule has 3 atom stereocenters. The van der Waals surface area contributed by atoms with E-state index < -0.39 is 6.04 Å². The fourth-order valence-electron chi connectivity index (χ4n) is 4.23. The van der Waals surface area contributed by atoms with Gasteiger partial charge in [0.2, 0.25) is 11.8 Å². The Labute approximate surface area is 194 Å². The van der Waals surface area contributed by atoms with Crippen molar-refractivity contribution in [2.45, 2.75) is 58.5 Å². The van der Waals surface area contributed by atoms with Gasteiger partial charge in [-0.25, -0.2) is 0 Å². The number of carbonyl (C=O) groups excluding carboxylic acids is 2. The predicted octanol–water partition coefficient (Wildman–Crippen LogP) is 5.96. The summed E-state index contributed by atoms with van der Waals surface area (Å²) >= 11 is 12.1. The molecule has 4 nitrogen and oxygen atoms in total. The summed E-state index contributed by atoms with van der Waals surface area (Å²) in [7, 11) is 0. The standard InChI is InChI=1S/C25H30Cl2N2O2/c1-16-8-13-21(14-18(16)3)29(23(30)15-26)24(19-9-11-20(27)12-10-19)25(31)28-22-7-5-4-6-17(22)2/h8-14,17,22,24H,4-7,15H2,1-3H3,(H,28,31)/t17-,22+,24-/m0/s1. The van der Waals surface area contributed by atoms with E-state index in [9.17, 15) is 9.59 Å². The van der Waals surface area contributed by atoms with E-state index in [0.29, 0.717) is 22.2 Å². The van der Waals surface area contributed by atoms with Gasteiger partial charge in [-0.2, -0.15) is 0 Å². The number of hydrogen-bond acceptors (Lipinski definition) is 2. The number of anilines is 1. The molecular formula is C25H30Cl2N2O2. The molecule has 0 heterocycles. The largest absolute Gasteiger partial charge is 0.351 e. The topological polar surface area (TPSA) is 49.4 Å². The van der Waals surface area contributed by atoms with Crippen LogP contribution in [0, 0.1) is 19.8 Å². The Balaban J connectivity index is 2.04. The third kappa shape index (κ3) is 5.61. The first kappa shape index (κ1) is 23.6. The van der Waals surface area contributed by atoms with Crippen LogP contribution in [0.4, 0.5) is 5.69 Å². The molecule has 6 heteroatoms. The Morgan fingerprint density at radius 1 is 1.06 bits per heavy atom. The molecule has 0 spiro atoms. The van der Waals surface area contributed by atoms with Crippen molar-refractivity contribution in [3.63, 3.8) is 0 Å². The Morgan fingerprint density at radius 2 is 1.74 bits per heavy atom. The number of rotatable bonds is 6. The molecule has 3 rings (SSSR count). The van der Waals surface area contributed by atoms with Crippen LogP contribution in [-0.4, -0.2) is 23.7 Å². The second-order valence-electron chi connectivity index (χ2n) is 8.50. The van der Waals surface area contributed by atoms with Gasteiger partial charge in [0.15, 0.2) is 0 Å². The summed E-state index contributed by atoms with van der Waals surface area (Å²) in [4.78, 5) is 28.2. The Kier molecular flexibility index (Phi) is 8.01. The van der Waals surface area contributed by atoms with Crippen LogP contribution in [0.15, 0.2) is 42.5 Å². The monoisotopic (exact) mass is 460 g/mol. The third-order valence-electron chi connectivity index (χ3n) is 6.28. The quantitative estimate of drug-likeness (QED) is 0.540. The van der Waals surface area contributed by atoms with Crippen molar-refractivity contribution in [1.29, 1.82) is 0 Å². The zero-order chi connectivity index (χ0) is 22.5. The lowest BCUT2D eigenvalue weighted by Gasteiger charge is -2.35. The summed E-state index contributed by atoms with van der Waals surface area (Å²) in [5.41, 5.74) is 3.51. The average Bonchev–Trinajstić information content (AvgIpc) is 2.76. The van der Waals surface area contributed by atoms with Crippen LogP contribution in [0.3, 0.4) is 0 Å². The molecule has 1 aliphatic rings. The smallest absolute Gasteiger partial charge is 0.248 e. The molecule has 0 saturated heterocycles. The average molecular weight is 461 g/mol. The summed E-state index contributed by atoms with van der Waals surface area (Å²) in [6.07, 6.45) is 4.33. The second-order valence-corrected chi connectivity index (χ2v) is 9.20. The Bertz CT molecular complexity index is 930. The van der Waals surface area contributed by atoms with E-state index in [1.807, 2.05) is 32.0 Å². The number of aryl methyl sites for hydroxylation is 2. The Hall–Kier alpha value is -2.04. The fraction of sp³-hybridized carbons (Fsp3) is 0.440.